The molecule has 94 valence electrons. The minimum Gasteiger partial charge on any atom is -0.465 e. The van der Waals surface area contributed by atoms with Gasteiger partial charge < -0.3 is 9.47 Å². The summed E-state index contributed by atoms with van der Waals surface area (Å²) in [7, 11) is -3.59. The number of hydrogen-bond donors (Lipinski definition) is 1. The Kier molecular flexibility index (Phi) is 5.13. The molecule has 0 aromatic heterocycles. The summed E-state index contributed by atoms with van der Waals surface area (Å²) in [5, 5.41) is 0. The molecule has 8 heteroatoms. The Morgan fingerprint density at radius 3 is 2.62 bits per heavy atom. The zero-order valence-corrected chi connectivity index (χ0v) is 9.96. The van der Waals surface area contributed by atoms with Crippen molar-refractivity contribution in [2.75, 3.05) is 39.5 Å². The predicted octanol–water partition coefficient (Wildman–Crippen LogP) is -1.28. The fourth-order valence-electron chi connectivity index (χ4n) is 1.24. The Morgan fingerprint density at radius 1 is 1.44 bits per heavy atom. The van der Waals surface area contributed by atoms with Crippen molar-refractivity contribution in [3.05, 3.63) is 0 Å². The van der Waals surface area contributed by atoms with Gasteiger partial charge in [0.15, 0.2) is 0 Å². The second kappa shape index (κ2) is 6.14. The standard InChI is InChI=1S/C8H16N2O5S/c1-2-15-8(11)7-9-16(12,13)10-3-5-14-6-4-10/h9H,2-7H2,1H3. The van der Waals surface area contributed by atoms with Crippen LogP contribution < -0.4 is 4.72 Å². The summed E-state index contributed by atoms with van der Waals surface area (Å²) in [5.74, 6) is -0.584. The van der Waals surface area contributed by atoms with E-state index in [2.05, 4.69) is 9.46 Å². The van der Waals surface area contributed by atoms with Crippen LogP contribution in [0.3, 0.4) is 0 Å². The van der Waals surface area contributed by atoms with Crippen LogP contribution in [0.4, 0.5) is 0 Å². The number of hydrogen-bond acceptors (Lipinski definition) is 5. The molecule has 0 atom stereocenters. The lowest BCUT2D eigenvalue weighted by Gasteiger charge is -2.25. The summed E-state index contributed by atoms with van der Waals surface area (Å²) < 4.78 is 36.4. The van der Waals surface area contributed by atoms with E-state index in [-0.39, 0.29) is 13.2 Å². The number of esters is 1. The van der Waals surface area contributed by atoms with Gasteiger partial charge >= 0.3 is 5.97 Å². The topological polar surface area (TPSA) is 84.9 Å². The molecule has 0 radical (unpaired) electrons. The van der Waals surface area contributed by atoms with Gasteiger partial charge in [-0.3, -0.25) is 4.79 Å². The molecule has 0 unspecified atom stereocenters. The summed E-state index contributed by atoms with van der Waals surface area (Å²) in [5.41, 5.74) is 0. The Labute approximate surface area is 94.9 Å². The Bertz CT molecular complexity index is 323. The van der Waals surface area contributed by atoms with Crippen molar-refractivity contribution in [3.63, 3.8) is 0 Å². The molecule has 16 heavy (non-hydrogen) atoms. The molecule has 0 aliphatic carbocycles. The van der Waals surface area contributed by atoms with Crippen LogP contribution in [0.2, 0.25) is 0 Å². The van der Waals surface area contributed by atoms with Crippen LogP contribution in [0.5, 0.6) is 0 Å². The van der Waals surface area contributed by atoms with Crippen LogP contribution in [-0.4, -0.2) is 58.1 Å². The first-order chi connectivity index (χ1) is 7.56. The van der Waals surface area contributed by atoms with Crippen LogP contribution in [0.25, 0.3) is 0 Å². The Hall–Kier alpha value is -0.700. The van der Waals surface area contributed by atoms with Gasteiger partial charge in [-0.15, -0.1) is 0 Å². The van der Waals surface area contributed by atoms with Crippen LogP contribution in [0.1, 0.15) is 6.92 Å². The number of nitrogens with one attached hydrogen (secondary N) is 1. The van der Waals surface area contributed by atoms with E-state index in [1.165, 1.54) is 4.31 Å². The molecule has 0 aromatic carbocycles. The first kappa shape index (κ1) is 13.4. The number of carbonyl (C=O) groups is 1. The van der Waals surface area contributed by atoms with E-state index in [0.717, 1.165) is 0 Å². The number of ether oxygens (including phenoxy) is 2. The zero-order chi connectivity index (χ0) is 12.0. The van der Waals surface area contributed by atoms with Gasteiger partial charge in [-0.05, 0) is 6.92 Å². The minimum atomic E-state index is -3.59. The van der Waals surface area contributed by atoms with E-state index >= 15 is 0 Å². The molecule has 0 saturated carbocycles. The van der Waals surface area contributed by atoms with Gasteiger partial charge in [0.2, 0.25) is 0 Å². The van der Waals surface area contributed by atoms with Crippen molar-refractivity contribution in [2.45, 2.75) is 6.92 Å². The lowest BCUT2D eigenvalue weighted by molar-refractivity contribution is -0.141. The van der Waals surface area contributed by atoms with Crippen molar-refractivity contribution in [3.8, 4) is 0 Å². The van der Waals surface area contributed by atoms with Gasteiger partial charge in [0.1, 0.15) is 6.54 Å². The van der Waals surface area contributed by atoms with Crippen molar-refractivity contribution in [1.29, 1.82) is 0 Å². The highest BCUT2D eigenvalue weighted by molar-refractivity contribution is 7.87. The zero-order valence-electron chi connectivity index (χ0n) is 9.14. The SMILES string of the molecule is CCOC(=O)CNS(=O)(=O)N1CCOCC1. The number of carbonyl (C=O) groups excluding carboxylic acids is 1. The lowest BCUT2D eigenvalue weighted by Crippen LogP contribution is -2.47. The summed E-state index contributed by atoms with van der Waals surface area (Å²) in [6.07, 6.45) is 0. The van der Waals surface area contributed by atoms with E-state index < -0.39 is 16.2 Å². The number of morpholine rings is 1. The molecular formula is C8H16N2O5S. The maximum absolute atomic E-state index is 11.6. The molecule has 0 aromatic rings. The molecule has 1 rings (SSSR count). The fraction of sp³-hybridized carbons (Fsp3) is 0.875. The molecule has 1 fully saturated rings. The van der Waals surface area contributed by atoms with Crippen molar-refractivity contribution >= 4 is 16.2 Å². The monoisotopic (exact) mass is 252 g/mol. The molecule has 1 saturated heterocycles. The third-order valence-corrected chi connectivity index (χ3v) is 3.57. The van der Waals surface area contributed by atoms with Gasteiger partial charge in [-0.25, -0.2) is 0 Å². The van der Waals surface area contributed by atoms with Crippen molar-refractivity contribution < 1.29 is 22.7 Å². The maximum Gasteiger partial charge on any atom is 0.321 e. The molecule has 0 bridgehead atoms. The molecule has 0 spiro atoms. The number of rotatable bonds is 5. The van der Waals surface area contributed by atoms with Gasteiger partial charge in [0, 0.05) is 13.1 Å². The Balaban J connectivity index is 2.41. The lowest BCUT2D eigenvalue weighted by atomic mass is 10.5. The average molecular weight is 252 g/mol. The molecule has 1 aliphatic heterocycles. The van der Waals surface area contributed by atoms with Crippen LogP contribution in [0.15, 0.2) is 0 Å². The van der Waals surface area contributed by atoms with Gasteiger partial charge in [0.25, 0.3) is 10.2 Å². The van der Waals surface area contributed by atoms with E-state index in [4.69, 9.17) is 4.74 Å². The highest BCUT2D eigenvalue weighted by Crippen LogP contribution is 2.02. The van der Waals surface area contributed by atoms with Crippen LogP contribution in [-0.2, 0) is 24.5 Å². The van der Waals surface area contributed by atoms with Gasteiger partial charge in [-0.1, -0.05) is 0 Å². The molecule has 1 aliphatic rings. The molecule has 1 heterocycles. The van der Waals surface area contributed by atoms with Crippen LogP contribution in [0, 0.1) is 0 Å². The second-order valence-electron chi connectivity index (χ2n) is 3.14. The van der Waals surface area contributed by atoms with Gasteiger partial charge in [-0.2, -0.15) is 17.4 Å². The summed E-state index contributed by atoms with van der Waals surface area (Å²) in [6.45, 7) is 2.91. The molecule has 1 N–H and O–H groups in total. The quantitative estimate of drug-likeness (QED) is 0.616. The van der Waals surface area contributed by atoms with E-state index in [9.17, 15) is 13.2 Å². The third-order valence-electron chi connectivity index (χ3n) is 2.01. The summed E-state index contributed by atoms with van der Waals surface area (Å²) >= 11 is 0. The molecular weight excluding hydrogens is 236 g/mol. The fourth-order valence-corrected chi connectivity index (χ4v) is 2.35. The molecule has 7 nitrogen and oxygen atoms in total. The normalized spacial score (nSPS) is 18.3. The summed E-state index contributed by atoms with van der Waals surface area (Å²) in [6, 6.07) is 0. The highest BCUT2D eigenvalue weighted by atomic mass is 32.2. The number of nitrogens with zero attached hydrogens (tertiary/aromatic N) is 1. The maximum atomic E-state index is 11.6. The first-order valence-corrected chi connectivity index (χ1v) is 6.48. The largest absolute Gasteiger partial charge is 0.465 e. The van der Waals surface area contributed by atoms with Gasteiger partial charge in [0.05, 0.1) is 19.8 Å². The van der Waals surface area contributed by atoms with E-state index in [1.54, 1.807) is 6.92 Å². The highest BCUT2D eigenvalue weighted by Gasteiger charge is 2.24. The second-order valence-corrected chi connectivity index (χ2v) is 4.90. The minimum absolute atomic E-state index is 0.234. The predicted molar refractivity (Wildman–Crippen MR) is 55.9 cm³/mol. The van der Waals surface area contributed by atoms with E-state index in [1.807, 2.05) is 0 Å². The third kappa shape index (κ3) is 4.05. The summed E-state index contributed by atoms with van der Waals surface area (Å²) in [4.78, 5) is 11.0. The Morgan fingerprint density at radius 2 is 2.06 bits per heavy atom. The first-order valence-electron chi connectivity index (χ1n) is 5.04. The van der Waals surface area contributed by atoms with E-state index in [0.29, 0.717) is 26.3 Å². The average Bonchev–Trinajstić information content (AvgIpc) is 2.28. The van der Waals surface area contributed by atoms with Crippen LogP contribution >= 0.6 is 0 Å². The van der Waals surface area contributed by atoms with Crippen molar-refractivity contribution in [2.24, 2.45) is 0 Å². The molecule has 0 amide bonds. The smallest absolute Gasteiger partial charge is 0.321 e. The van der Waals surface area contributed by atoms with Crippen molar-refractivity contribution in [1.82, 2.24) is 9.03 Å².